The van der Waals surface area contributed by atoms with Gasteiger partial charge in [-0.3, -0.25) is 0 Å². The van der Waals surface area contributed by atoms with E-state index in [-0.39, 0.29) is 10.9 Å². The molecule has 0 atom stereocenters. The molecular weight excluding hydrogens is 1540 g/mol. The molecule has 196 valence electrons. The van der Waals surface area contributed by atoms with Gasteiger partial charge in [-0.25, -0.2) is 8.42 Å². The van der Waals surface area contributed by atoms with Gasteiger partial charge < -0.3 is 4.55 Å². The first-order chi connectivity index (χ1) is 16.3. The number of benzene rings is 3. The molecule has 3 rings (SSSR count). The largest absolute Gasteiger partial charge is 0.741 e. The lowest BCUT2D eigenvalue weighted by atomic mass is 10.3. The van der Waals surface area contributed by atoms with Crippen molar-refractivity contribution in [3.8, 4) is 0 Å². The molecule has 0 spiro atoms. The Labute approximate surface area is 331 Å². The van der Waals surface area contributed by atoms with Crippen molar-refractivity contribution >= 4 is 224 Å². The van der Waals surface area contributed by atoms with Crippen molar-refractivity contribution in [2.24, 2.45) is 0 Å². The predicted octanol–water partition coefficient (Wildman–Crippen LogP) is 10.3. The first-order valence-corrected chi connectivity index (χ1v) is 20.9. The van der Waals surface area contributed by atoms with Crippen LogP contribution < -0.4 is 0 Å². The fourth-order valence-corrected chi connectivity index (χ4v) is 19.3. The van der Waals surface area contributed by atoms with Crippen LogP contribution in [0.25, 0.3) is 0 Å². The summed E-state index contributed by atoms with van der Waals surface area (Å²) in [6.07, 6.45) is 0. The molecule has 3 aromatic rings. The molecule has 17 heteroatoms. The third-order valence-electron chi connectivity index (χ3n) is 3.79. The van der Waals surface area contributed by atoms with E-state index in [0.29, 0.717) is 0 Å². The molecule has 0 saturated carbocycles. The standard InChI is InChI=1S/C18H6I9S.CHF3O3S/c19-7-1-10(22)16(11(23)2-7)28(17-12(24)3-8(20)4-13(17)25)18-14(26)5-9(21)6-15(18)27;2-1(3,4)8(5,6)7/h1-6H;(H,5,6,7)/q+1;/p-1. The maximum atomic E-state index is 10.7. The van der Waals surface area contributed by atoms with Gasteiger partial charge in [0.25, 0.3) is 0 Å². The molecule has 3 aromatic carbocycles. The summed E-state index contributed by atoms with van der Waals surface area (Å²) in [5.41, 5.74) is -5.65. The lowest BCUT2D eigenvalue weighted by Gasteiger charge is -2.17. The van der Waals surface area contributed by atoms with Crippen LogP contribution in [-0.4, -0.2) is 18.5 Å². The van der Waals surface area contributed by atoms with E-state index in [2.05, 4.69) is 240 Å². The van der Waals surface area contributed by atoms with E-state index in [9.17, 15) is 13.2 Å². The van der Waals surface area contributed by atoms with Gasteiger partial charge in [-0.1, -0.05) is 0 Å². The average molecular weight is 1550 g/mol. The summed E-state index contributed by atoms with van der Waals surface area (Å²) < 4.78 is 70.8. The quantitative estimate of drug-likeness (QED) is 0.114. The van der Waals surface area contributed by atoms with Crippen molar-refractivity contribution in [1.29, 1.82) is 0 Å². The van der Waals surface area contributed by atoms with E-state index in [4.69, 9.17) is 13.0 Å². The van der Waals surface area contributed by atoms with Crippen LogP contribution >= 0.6 is 203 Å². The van der Waals surface area contributed by atoms with Gasteiger partial charge in [0, 0.05) is 10.7 Å². The Bertz CT molecular complexity index is 1210. The second-order valence-corrected chi connectivity index (χ2v) is 20.2. The van der Waals surface area contributed by atoms with E-state index < -0.39 is 15.6 Å². The molecule has 0 radical (unpaired) electrons. The SMILES string of the molecule is Ic1cc(I)c([S+](c2c(I)cc(I)cc2I)c2c(I)cc(I)cc2I)c(I)c1.O=S(=O)([O-])C(F)(F)F. The molecule has 0 aliphatic carbocycles. The fourth-order valence-electron chi connectivity index (χ4n) is 2.48. The molecule has 0 aromatic heterocycles. The van der Waals surface area contributed by atoms with Crippen LogP contribution in [0, 0.1) is 32.1 Å². The Kier molecular flexibility index (Phi) is 15.5. The highest BCUT2D eigenvalue weighted by molar-refractivity contribution is 14.1. The Morgan fingerprint density at radius 1 is 0.556 bits per heavy atom. The van der Waals surface area contributed by atoms with Crippen molar-refractivity contribution in [3.63, 3.8) is 0 Å². The number of alkyl halides is 3. The third-order valence-corrected chi connectivity index (χ3v) is 16.1. The number of rotatable bonds is 3. The lowest BCUT2D eigenvalue weighted by molar-refractivity contribution is -0.0517. The third kappa shape index (κ3) is 9.91. The van der Waals surface area contributed by atoms with Crippen LogP contribution in [0.15, 0.2) is 51.1 Å². The summed E-state index contributed by atoms with van der Waals surface area (Å²) in [4.78, 5) is 4.32. The van der Waals surface area contributed by atoms with Crippen LogP contribution in [0.4, 0.5) is 13.2 Å². The minimum atomic E-state index is -6.09. The van der Waals surface area contributed by atoms with Gasteiger partial charge >= 0.3 is 5.51 Å². The van der Waals surface area contributed by atoms with Gasteiger partial charge in [0.2, 0.25) is 0 Å². The molecule has 0 aliphatic rings. The highest BCUT2D eigenvalue weighted by Crippen LogP contribution is 2.44. The minimum absolute atomic E-state index is 0.164. The topological polar surface area (TPSA) is 57.2 Å². The molecule has 0 bridgehead atoms. The van der Waals surface area contributed by atoms with Crippen molar-refractivity contribution in [2.45, 2.75) is 20.2 Å². The molecule has 0 aliphatic heterocycles. The van der Waals surface area contributed by atoms with Gasteiger partial charge in [0.1, 0.15) is 10.9 Å². The van der Waals surface area contributed by atoms with Gasteiger partial charge in [-0.15, -0.1) is 0 Å². The van der Waals surface area contributed by atoms with Crippen molar-refractivity contribution in [3.05, 3.63) is 68.5 Å². The molecule has 0 saturated heterocycles. The summed E-state index contributed by atoms with van der Waals surface area (Å²) in [5, 5.41) is 0. The average Bonchev–Trinajstić information content (AvgIpc) is 2.64. The zero-order valence-electron chi connectivity index (χ0n) is 16.5. The van der Waals surface area contributed by atoms with Crippen molar-refractivity contribution in [2.75, 3.05) is 0 Å². The summed E-state index contributed by atoms with van der Waals surface area (Å²) in [6, 6.07) is 13.8. The van der Waals surface area contributed by atoms with Crippen LogP contribution in [0.3, 0.4) is 0 Å². The van der Waals surface area contributed by atoms with Crippen LogP contribution in [0.2, 0.25) is 0 Å². The minimum Gasteiger partial charge on any atom is -0.741 e. The van der Waals surface area contributed by atoms with Crippen LogP contribution in [0.1, 0.15) is 0 Å². The lowest BCUT2D eigenvalue weighted by Crippen LogP contribution is -2.21. The molecule has 0 unspecified atom stereocenters. The molecule has 3 nitrogen and oxygen atoms in total. The first kappa shape index (κ1) is 36.5. The van der Waals surface area contributed by atoms with Crippen molar-refractivity contribution in [1.82, 2.24) is 0 Å². The highest BCUT2D eigenvalue weighted by atomic mass is 127. The predicted molar refractivity (Wildman–Crippen MR) is 212 cm³/mol. The molecule has 0 fully saturated rings. The normalized spacial score (nSPS) is 11.9. The maximum Gasteiger partial charge on any atom is 0.485 e. The van der Waals surface area contributed by atoms with Crippen LogP contribution in [-0.2, 0) is 21.0 Å². The molecule has 0 amide bonds. The summed E-state index contributed by atoms with van der Waals surface area (Å²) in [5.74, 6) is 0. The number of hydrogen-bond donors (Lipinski definition) is 0. The molecule has 36 heavy (non-hydrogen) atoms. The van der Waals surface area contributed by atoms with E-state index in [1.54, 1.807) is 0 Å². The van der Waals surface area contributed by atoms with E-state index >= 15 is 0 Å². The maximum absolute atomic E-state index is 10.7. The molecular formula is C19H6F3I9O3S2. The van der Waals surface area contributed by atoms with E-state index in [1.807, 2.05) is 0 Å². The monoisotopic (exact) mass is 1550 g/mol. The second kappa shape index (κ2) is 15.3. The summed E-state index contributed by atoms with van der Waals surface area (Å²) in [7, 11) is -6.25. The zero-order chi connectivity index (χ0) is 27.7. The van der Waals surface area contributed by atoms with Gasteiger partial charge in [0.15, 0.2) is 24.8 Å². The molecule has 0 N–H and O–H groups in total. The van der Waals surface area contributed by atoms with E-state index in [0.717, 1.165) is 0 Å². The van der Waals surface area contributed by atoms with E-state index in [1.165, 1.54) is 46.8 Å². The fraction of sp³-hybridized carbons (Fsp3) is 0.0526. The summed E-state index contributed by atoms with van der Waals surface area (Å²) in [6.45, 7) is 0. The number of hydrogen-bond acceptors (Lipinski definition) is 3. The Balaban J connectivity index is 0.000000493. The Hall–Kier alpha value is 4.28. The smallest absolute Gasteiger partial charge is 0.485 e. The van der Waals surface area contributed by atoms with Gasteiger partial charge in [-0.05, 0) is 240 Å². The first-order valence-electron chi connectivity index (χ1n) is 8.55. The Morgan fingerprint density at radius 2 is 0.722 bits per heavy atom. The Morgan fingerprint density at radius 3 is 0.861 bits per heavy atom. The molecule has 0 heterocycles. The second-order valence-electron chi connectivity index (χ2n) is 6.30. The van der Waals surface area contributed by atoms with Crippen molar-refractivity contribution < 1.29 is 26.1 Å². The highest BCUT2D eigenvalue weighted by Gasteiger charge is 2.40. The zero-order valence-corrected chi connectivity index (χ0v) is 37.6. The van der Waals surface area contributed by atoms with Gasteiger partial charge in [-0.2, -0.15) is 13.2 Å². The van der Waals surface area contributed by atoms with Crippen LogP contribution in [0.5, 0.6) is 0 Å². The number of halogens is 12. The van der Waals surface area contributed by atoms with Gasteiger partial charge in [0.05, 0.1) is 21.4 Å². The summed E-state index contributed by atoms with van der Waals surface area (Å²) >= 11 is 22.4.